The van der Waals surface area contributed by atoms with E-state index in [1.165, 1.54) is 11.1 Å². The summed E-state index contributed by atoms with van der Waals surface area (Å²) in [5.41, 5.74) is 2.59. The molecule has 0 aliphatic carbocycles. The molecule has 1 aromatic carbocycles. The lowest BCUT2D eigenvalue weighted by Gasteiger charge is -2.27. The van der Waals surface area contributed by atoms with E-state index >= 15 is 0 Å². The Morgan fingerprint density at radius 2 is 1.72 bits per heavy atom. The number of nitrogens with zero attached hydrogens (tertiary/aromatic N) is 1. The largest absolute Gasteiger partial charge is 0.356 e. The molecule has 142 valence electrons. The van der Waals surface area contributed by atoms with Crippen LogP contribution in [0.5, 0.6) is 0 Å². The highest BCUT2D eigenvalue weighted by Gasteiger charge is 2.21. The first-order valence-corrected chi connectivity index (χ1v) is 8.73. The van der Waals surface area contributed by atoms with E-state index in [1.807, 2.05) is 6.92 Å². The van der Waals surface area contributed by atoms with Crippen LogP contribution < -0.4 is 16.0 Å². The zero-order chi connectivity index (χ0) is 18.0. The average Bonchev–Trinajstić information content (AvgIpc) is 2.60. The first-order chi connectivity index (χ1) is 11.4. The molecule has 6 heteroatoms. The molecule has 1 rings (SSSR count). The Bertz CT molecular complexity index is 541. The van der Waals surface area contributed by atoms with Gasteiger partial charge in [-0.1, -0.05) is 52.0 Å². The molecule has 1 aromatic rings. The Morgan fingerprint density at radius 1 is 1.08 bits per heavy atom. The molecule has 0 aliphatic rings. The van der Waals surface area contributed by atoms with Crippen molar-refractivity contribution in [3.63, 3.8) is 0 Å². The van der Waals surface area contributed by atoms with Crippen molar-refractivity contribution < 1.29 is 4.79 Å². The van der Waals surface area contributed by atoms with Crippen LogP contribution in [0, 0.1) is 0 Å². The molecule has 0 fully saturated rings. The van der Waals surface area contributed by atoms with Crippen molar-refractivity contribution in [2.75, 3.05) is 26.7 Å². The van der Waals surface area contributed by atoms with E-state index in [9.17, 15) is 4.79 Å². The van der Waals surface area contributed by atoms with Crippen LogP contribution in [0.15, 0.2) is 29.3 Å². The van der Waals surface area contributed by atoms with Crippen LogP contribution >= 0.6 is 24.0 Å². The molecule has 0 spiro atoms. The Labute approximate surface area is 169 Å². The molecular weight excluding hydrogens is 427 g/mol. The Balaban J connectivity index is 0.00000576. The maximum Gasteiger partial charge on any atom is 0.239 e. The fraction of sp³-hybridized carbons (Fsp3) is 0.579. The van der Waals surface area contributed by atoms with Gasteiger partial charge in [-0.3, -0.25) is 9.79 Å². The quantitative estimate of drug-likeness (QED) is 0.318. The summed E-state index contributed by atoms with van der Waals surface area (Å²) in [6.07, 6.45) is 1.99. The first-order valence-electron chi connectivity index (χ1n) is 8.73. The van der Waals surface area contributed by atoms with E-state index in [4.69, 9.17) is 0 Å². The summed E-state index contributed by atoms with van der Waals surface area (Å²) in [6, 6.07) is 8.74. The second-order valence-corrected chi connectivity index (χ2v) is 6.56. The van der Waals surface area contributed by atoms with Crippen molar-refractivity contribution in [3.05, 3.63) is 35.4 Å². The predicted octanol–water partition coefficient (Wildman–Crippen LogP) is 2.84. The minimum Gasteiger partial charge on any atom is -0.356 e. The van der Waals surface area contributed by atoms with E-state index in [1.54, 1.807) is 7.05 Å². The second-order valence-electron chi connectivity index (χ2n) is 6.56. The van der Waals surface area contributed by atoms with Crippen LogP contribution in [0.2, 0.25) is 0 Å². The maximum absolute atomic E-state index is 11.6. The molecular formula is C19H33IN4O. The van der Waals surface area contributed by atoms with Crippen molar-refractivity contribution in [3.8, 4) is 0 Å². The van der Waals surface area contributed by atoms with Gasteiger partial charge < -0.3 is 16.0 Å². The summed E-state index contributed by atoms with van der Waals surface area (Å²) in [4.78, 5) is 15.8. The van der Waals surface area contributed by atoms with Gasteiger partial charge in [0.25, 0.3) is 0 Å². The van der Waals surface area contributed by atoms with Crippen LogP contribution in [0.25, 0.3) is 0 Å². The predicted molar refractivity (Wildman–Crippen MR) is 117 cm³/mol. The standard InChI is InChI=1S/C19H32N4O.HI/c1-6-12-21-17(24)13-22-18(20-5)23-14-19(3,4)16-10-8-15(7-2)9-11-16;/h8-11H,6-7,12-14H2,1-5H3,(H,21,24)(H2,20,22,23);1H. The second kappa shape index (κ2) is 12.1. The summed E-state index contributed by atoms with van der Waals surface area (Å²) in [5, 5.41) is 9.19. The van der Waals surface area contributed by atoms with Gasteiger partial charge >= 0.3 is 0 Å². The summed E-state index contributed by atoms with van der Waals surface area (Å²) < 4.78 is 0. The van der Waals surface area contributed by atoms with Crippen molar-refractivity contribution in [1.82, 2.24) is 16.0 Å². The van der Waals surface area contributed by atoms with Gasteiger partial charge in [0.05, 0.1) is 6.54 Å². The average molecular weight is 460 g/mol. The van der Waals surface area contributed by atoms with E-state index < -0.39 is 0 Å². The number of amides is 1. The fourth-order valence-electron chi connectivity index (χ4n) is 2.31. The maximum atomic E-state index is 11.6. The van der Waals surface area contributed by atoms with Crippen LogP contribution in [0.1, 0.15) is 45.2 Å². The zero-order valence-electron chi connectivity index (χ0n) is 16.1. The van der Waals surface area contributed by atoms with Gasteiger partial charge in [0, 0.05) is 25.6 Å². The topological polar surface area (TPSA) is 65.5 Å². The van der Waals surface area contributed by atoms with Crippen LogP contribution in [-0.2, 0) is 16.6 Å². The third kappa shape index (κ3) is 8.56. The normalized spacial score (nSPS) is 11.5. The minimum atomic E-state index is -0.0334. The van der Waals surface area contributed by atoms with Crippen molar-refractivity contribution in [1.29, 1.82) is 0 Å². The van der Waals surface area contributed by atoms with Gasteiger partial charge in [-0.05, 0) is 24.0 Å². The molecule has 0 saturated heterocycles. The van der Waals surface area contributed by atoms with Gasteiger partial charge in [-0.25, -0.2) is 0 Å². The molecule has 0 saturated carbocycles. The molecule has 0 unspecified atom stereocenters. The number of aliphatic imine (C=N–C) groups is 1. The van der Waals surface area contributed by atoms with Crippen molar-refractivity contribution >= 4 is 35.8 Å². The number of halogens is 1. The number of carbonyl (C=O) groups is 1. The van der Waals surface area contributed by atoms with Gasteiger partial charge in [0.1, 0.15) is 0 Å². The first kappa shape index (κ1) is 23.7. The Morgan fingerprint density at radius 3 is 2.24 bits per heavy atom. The Hall–Kier alpha value is -1.31. The molecule has 0 aliphatic heterocycles. The number of hydrogen-bond donors (Lipinski definition) is 3. The highest BCUT2D eigenvalue weighted by Crippen LogP contribution is 2.22. The van der Waals surface area contributed by atoms with Gasteiger partial charge in [0.2, 0.25) is 5.91 Å². The number of hydrogen-bond acceptors (Lipinski definition) is 2. The van der Waals surface area contributed by atoms with Crippen molar-refractivity contribution in [2.45, 2.75) is 46.0 Å². The highest BCUT2D eigenvalue weighted by atomic mass is 127. The summed E-state index contributed by atoms with van der Waals surface area (Å²) >= 11 is 0. The third-order valence-corrected chi connectivity index (χ3v) is 4.05. The van der Waals surface area contributed by atoms with Crippen molar-refractivity contribution in [2.24, 2.45) is 4.99 Å². The van der Waals surface area contributed by atoms with Gasteiger partial charge in [-0.2, -0.15) is 0 Å². The number of carbonyl (C=O) groups excluding carboxylic acids is 1. The van der Waals surface area contributed by atoms with Crippen LogP contribution in [0.3, 0.4) is 0 Å². The van der Waals surface area contributed by atoms with Crippen LogP contribution in [-0.4, -0.2) is 38.5 Å². The van der Waals surface area contributed by atoms with Gasteiger partial charge in [0.15, 0.2) is 5.96 Å². The van der Waals surface area contributed by atoms with E-state index in [0.29, 0.717) is 12.5 Å². The number of rotatable bonds is 8. The molecule has 5 nitrogen and oxygen atoms in total. The lowest BCUT2D eigenvalue weighted by molar-refractivity contribution is -0.120. The molecule has 0 heterocycles. The van der Waals surface area contributed by atoms with Gasteiger partial charge in [-0.15, -0.1) is 24.0 Å². The molecule has 25 heavy (non-hydrogen) atoms. The fourth-order valence-corrected chi connectivity index (χ4v) is 2.31. The summed E-state index contributed by atoms with van der Waals surface area (Å²) in [5.74, 6) is 0.620. The summed E-state index contributed by atoms with van der Waals surface area (Å²) in [6.45, 7) is 10.2. The highest BCUT2D eigenvalue weighted by molar-refractivity contribution is 14.0. The van der Waals surface area contributed by atoms with E-state index in [-0.39, 0.29) is 41.8 Å². The number of nitrogens with one attached hydrogen (secondary N) is 3. The smallest absolute Gasteiger partial charge is 0.239 e. The van der Waals surface area contributed by atoms with E-state index in [0.717, 1.165) is 19.4 Å². The number of aryl methyl sites for hydroxylation is 1. The summed E-state index contributed by atoms with van der Waals surface area (Å²) in [7, 11) is 1.71. The Kier molecular flexibility index (Phi) is 11.5. The number of guanidine groups is 1. The van der Waals surface area contributed by atoms with Crippen LogP contribution in [0.4, 0.5) is 0 Å². The monoisotopic (exact) mass is 460 g/mol. The SMILES string of the molecule is CCCNC(=O)CNC(=NC)NCC(C)(C)c1ccc(CC)cc1.I. The molecule has 0 atom stereocenters. The lowest BCUT2D eigenvalue weighted by atomic mass is 9.84. The third-order valence-electron chi connectivity index (χ3n) is 4.05. The zero-order valence-corrected chi connectivity index (χ0v) is 18.4. The lowest BCUT2D eigenvalue weighted by Crippen LogP contribution is -2.46. The molecule has 3 N–H and O–H groups in total. The minimum absolute atomic E-state index is 0. The molecule has 0 bridgehead atoms. The molecule has 0 aromatic heterocycles. The molecule has 0 radical (unpaired) electrons. The molecule has 1 amide bonds. The number of benzene rings is 1. The van der Waals surface area contributed by atoms with E-state index in [2.05, 4.69) is 66.0 Å².